The highest BCUT2D eigenvalue weighted by molar-refractivity contribution is 9.09. The summed E-state index contributed by atoms with van der Waals surface area (Å²) in [4.78, 5) is 0.140. The number of hydrogen-bond acceptors (Lipinski definition) is 1. The molecule has 1 saturated carbocycles. The third kappa shape index (κ3) is 4.19. The molecule has 2 aromatic carbocycles. The monoisotopic (exact) mass is 428 g/mol. The highest BCUT2D eigenvalue weighted by atomic mass is 79.9. The Labute approximate surface area is 161 Å². The van der Waals surface area contributed by atoms with Gasteiger partial charge in [-0.25, -0.2) is 0 Å². The number of benzene rings is 2. The normalized spacial score (nSPS) is 22.4. The lowest BCUT2D eigenvalue weighted by Crippen LogP contribution is -2.24. The second-order valence-electron chi connectivity index (χ2n) is 7.29. The Bertz CT molecular complexity index is 764. The Hall–Kier alpha value is -1.23. The van der Waals surface area contributed by atoms with Crippen molar-refractivity contribution in [1.29, 1.82) is 0 Å². The van der Waals surface area contributed by atoms with E-state index in [1.165, 1.54) is 6.07 Å². The van der Waals surface area contributed by atoms with E-state index in [9.17, 15) is 13.2 Å². The van der Waals surface area contributed by atoms with E-state index in [1.54, 1.807) is 18.2 Å². The van der Waals surface area contributed by atoms with Gasteiger partial charge in [0, 0.05) is 4.83 Å². The molecule has 1 fully saturated rings. The first kappa shape index (κ1) is 19.5. The van der Waals surface area contributed by atoms with E-state index in [0.717, 1.165) is 37.7 Å². The van der Waals surface area contributed by atoms with Gasteiger partial charge in [-0.1, -0.05) is 54.0 Å². The molecule has 0 amide bonds. The quantitative estimate of drug-likeness (QED) is 0.454. The summed E-state index contributed by atoms with van der Waals surface area (Å²) in [5.41, 5.74) is 0.339. The van der Waals surface area contributed by atoms with Crippen molar-refractivity contribution in [3.8, 4) is 5.75 Å². The fourth-order valence-electron chi connectivity index (χ4n) is 3.68. The molecule has 0 aromatic heterocycles. The minimum atomic E-state index is -4.45. The van der Waals surface area contributed by atoms with Gasteiger partial charge < -0.3 is 4.74 Å². The molecule has 0 radical (unpaired) electrons. The van der Waals surface area contributed by atoms with Crippen LogP contribution in [0, 0.1) is 5.92 Å². The van der Waals surface area contributed by atoms with Crippen LogP contribution < -0.4 is 4.74 Å². The van der Waals surface area contributed by atoms with E-state index in [1.807, 2.05) is 13.0 Å². The van der Waals surface area contributed by atoms with E-state index in [-0.39, 0.29) is 22.1 Å². The van der Waals surface area contributed by atoms with Crippen molar-refractivity contribution in [2.45, 2.75) is 63.1 Å². The van der Waals surface area contributed by atoms with E-state index >= 15 is 0 Å². The first-order valence-electron chi connectivity index (χ1n) is 9.24. The zero-order valence-corrected chi connectivity index (χ0v) is 16.7. The van der Waals surface area contributed by atoms with E-state index in [2.05, 4.69) is 22.9 Å². The Morgan fingerprint density at radius 3 is 2.42 bits per heavy atom. The molecule has 0 heterocycles. The maximum absolute atomic E-state index is 13.8. The molecule has 0 bridgehead atoms. The molecule has 0 N–H and O–H groups in total. The lowest BCUT2D eigenvalue weighted by Gasteiger charge is -2.28. The molecule has 26 heavy (non-hydrogen) atoms. The van der Waals surface area contributed by atoms with Crippen molar-refractivity contribution in [2.75, 3.05) is 0 Å². The molecule has 1 aliphatic rings. The van der Waals surface area contributed by atoms with Gasteiger partial charge in [0.25, 0.3) is 0 Å². The minimum absolute atomic E-state index is 0.0387. The van der Waals surface area contributed by atoms with Crippen molar-refractivity contribution < 1.29 is 17.9 Å². The van der Waals surface area contributed by atoms with Crippen LogP contribution in [0.25, 0.3) is 10.8 Å². The standard InChI is InChI=1S/C21H24BrF3O/c1-3-18(22)15-6-10-17-14(12-15)7-11-19(20(17)21(23,24)25)26-16-8-4-13(2)5-9-16/h6-7,10-13,16,18H,3-5,8-9H2,1-2H3/t13-,16+,18?. The first-order valence-corrected chi connectivity index (χ1v) is 10.2. The number of ether oxygens (including phenoxy) is 1. The fraction of sp³-hybridized carbons (Fsp3) is 0.524. The maximum atomic E-state index is 13.8. The topological polar surface area (TPSA) is 9.23 Å². The van der Waals surface area contributed by atoms with Crippen LogP contribution in [0.1, 0.15) is 61.9 Å². The summed E-state index contributed by atoms with van der Waals surface area (Å²) in [6.45, 7) is 4.21. The fourth-order valence-corrected chi connectivity index (χ4v) is 3.96. The lowest BCUT2D eigenvalue weighted by molar-refractivity contribution is -0.138. The van der Waals surface area contributed by atoms with Crippen molar-refractivity contribution in [3.05, 3.63) is 41.5 Å². The smallest absolute Gasteiger partial charge is 0.420 e. The lowest BCUT2D eigenvalue weighted by atomic mass is 9.89. The second kappa shape index (κ2) is 7.79. The molecule has 142 valence electrons. The van der Waals surface area contributed by atoms with E-state index < -0.39 is 11.7 Å². The molecule has 0 saturated heterocycles. The number of alkyl halides is 4. The van der Waals surface area contributed by atoms with Crippen molar-refractivity contribution in [3.63, 3.8) is 0 Å². The van der Waals surface area contributed by atoms with Crippen molar-refractivity contribution in [1.82, 2.24) is 0 Å². The van der Waals surface area contributed by atoms with Crippen molar-refractivity contribution >= 4 is 26.7 Å². The van der Waals surface area contributed by atoms with Crippen LogP contribution >= 0.6 is 15.9 Å². The Kier molecular flexibility index (Phi) is 5.85. The summed E-state index contributed by atoms with van der Waals surface area (Å²) in [5.74, 6) is 0.589. The van der Waals surface area contributed by atoms with Crippen LogP contribution in [0.2, 0.25) is 0 Å². The zero-order valence-electron chi connectivity index (χ0n) is 15.1. The predicted octanol–water partition coefficient (Wildman–Crippen LogP) is 7.66. The Morgan fingerprint density at radius 1 is 1.12 bits per heavy atom. The summed E-state index contributed by atoms with van der Waals surface area (Å²) < 4.78 is 47.3. The van der Waals surface area contributed by atoms with Crippen LogP contribution in [-0.4, -0.2) is 6.10 Å². The SMILES string of the molecule is CCC(Br)c1ccc2c(C(F)(F)F)c(O[C@H]3CC[C@@H](C)CC3)ccc2c1. The van der Waals surface area contributed by atoms with Crippen molar-refractivity contribution in [2.24, 2.45) is 5.92 Å². The molecule has 0 spiro atoms. The molecular formula is C21H24BrF3O. The molecule has 3 rings (SSSR count). The molecule has 2 aromatic rings. The molecule has 1 atom stereocenters. The summed E-state index contributed by atoms with van der Waals surface area (Å²) in [5, 5.41) is 0.802. The number of rotatable bonds is 4. The molecule has 5 heteroatoms. The Balaban J connectivity index is 2.00. The van der Waals surface area contributed by atoms with Gasteiger partial charge in [0.05, 0.1) is 6.10 Å². The Morgan fingerprint density at radius 2 is 1.81 bits per heavy atom. The van der Waals surface area contributed by atoms with E-state index in [4.69, 9.17) is 4.74 Å². The van der Waals surface area contributed by atoms with Crippen LogP contribution in [0.15, 0.2) is 30.3 Å². The van der Waals surface area contributed by atoms with Gasteiger partial charge in [-0.2, -0.15) is 13.2 Å². The number of halogens is 4. The summed E-state index contributed by atoms with van der Waals surface area (Å²) >= 11 is 3.57. The second-order valence-corrected chi connectivity index (χ2v) is 8.40. The van der Waals surface area contributed by atoms with Gasteiger partial charge in [0.1, 0.15) is 11.3 Å². The van der Waals surface area contributed by atoms with Gasteiger partial charge in [0.2, 0.25) is 0 Å². The van der Waals surface area contributed by atoms with Crippen LogP contribution in [0.4, 0.5) is 13.2 Å². The van der Waals surface area contributed by atoms with Gasteiger partial charge >= 0.3 is 6.18 Å². The summed E-state index contributed by atoms with van der Waals surface area (Å²) in [6, 6.07) is 8.41. The third-order valence-corrected chi connectivity index (χ3v) is 6.44. The summed E-state index contributed by atoms with van der Waals surface area (Å²) in [6.07, 6.45) is -0.0558. The minimum Gasteiger partial charge on any atom is -0.490 e. The molecular weight excluding hydrogens is 405 g/mol. The van der Waals surface area contributed by atoms with Crippen LogP contribution in [0.5, 0.6) is 5.75 Å². The summed E-state index contributed by atoms with van der Waals surface area (Å²) in [7, 11) is 0. The highest BCUT2D eigenvalue weighted by Crippen LogP contribution is 2.43. The average molecular weight is 429 g/mol. The maximum Gasteiger partial charge on any atom is 0.420 e. The molecule has 0 aliphatic heterocycles. The molecule has 1 aliphatic carbocycles. The predicted molar refractivity (Wildman–Crippen MR) is 103 cm³/mol. The van der Waals surface area contributed by atoms with Gasteiger partial charge in [-0.05, 0) is 60.4 Å². The zero-order chi connectivity index (χ0) is 18.9. The third-order valence-electron chi connectivity index (χ3n) is 5.27. The van der Waals surface area contributed by atoms with Gasteiger partial charge in [-0.3, -0.25) is 0 Å². The molecule has 1 unspecified atom stereocenters. The first-order chi connectivity index (χ1) is 12.3. The van der Waals surface area contributed by atoms with Crippen LogP contribution in [0.3, 0.4) is 0 Å². The van der Waals surface area contributed by atoms with E-state index in [0.29, 0.717) is 11.3 Å². The average Bonchev–Trinajstić information content (AvgIpc) is 2.61. The highest BCUT2D eigenvalue weighted by Gasteiger charge is 2.37. The van der Waals surface area contributed by atoms with Gasteiger partial charge in [-0.15, -0.1) is 0 Å². The largest absolute Gasteiger partial charge is 0.490 e. The van der Waals surface area contributed by atoms with Gasteiger partial charge in [0.15, 0.2) is 0 Å². The molecule has 1 nitrogen and oxygen atoms in total. The number of hydrogen-bond donors (Lipinski definition) is 0. The number of fused-ring (bicyclic) bond motifs is 1. The van der Waals surface area contributed by atoms with Crippen LogP contribution in [-0.2, 0) is 6.18 Å².